The molecule has 3 nitrogen and oxygen atoms in total. The first-order valence-electron chi connectivity index (χ1n) is 3.46. The minimum Gasteiger partial charge on any atom is -0.435 e. The fourth-order valence-electron chi connectivity index (χ4n) is 0.397. The summed E-state index contributed by atoms with van der Waals surface area (Å²) in [4.78, 5) is 10.4. The number of hydrogen-bond acceptors (Lipinski definition) is 3. The fraction of sp³-hybridized carbons (Fsp3) is 0.714. The number of ether oxygens (including phenoxy) is 2. The maximum atomic E-state index is 10.4. The van der Waals surface area contributed by atoms with E-state index in [0.29, 0.717) is 6.61 Å². The number of carbonyl (C=O) groups excluding carboxylic acids is 1. The summed E-state index contributed by atoms with van der Waals surface area (Å²) >= 11 is 0. The van der Waals surface area contributed by atoms with Crippen molar-refractivity contribution in [2.24, 2.45) is 0 Å². The molecule has 0 aromatic heterocycles. The fourth-order valence-corrected chi connectivity index (χ4v) is 0.397. The van der Waals surface area contributed by atoms with Crippen LogP contribution in [0.3, 0.4) is 0 Å². The Balaban J connectivity index is 3.05. The maximum Gasteiger partial charge on any atom is 0.508 e. The van der Waals surface area contributed by atoms with Crippen molar-refractivity contribution in [1.82, 2.24) is 0 Å². The monoisotopic (exact) mass is 145 g/mol. The Morgan fingerprint density at radius 1 is 1.50 bits per heavy atom. The van der Waals surface area contributed by atoms with Gasteiger partial charge in [0.25, 0.3) is 0 Å². The molecule has 0 aliphatic heterocycles. The largest absolute Gasteiger partial charge is 0.508 e. The Bertz CT molecular complexity index is 90.9. The Kier molecular flexibility index (Phi) is 5.92. The molecule has 0 atom stereocenters. The topological polar surface area (TPSA) is 35.5 Å². The number of hydrogen-bond donors (Lipinski definition) is 0. The van der Waals surface area contributed by atoms with Gasteiger partial charge < -0.3 is 9.47 Å². The third-order valence-corrected chi connectivity index (χ3v) is 0.848. The molecule has 0 spiro atoms. The highest BCUT2D eigenvalue weighted by atomic mass is 16.7. The van der Waals surface area contributed by atoms with E-state index in [1.165, 1.54) is 6.61 Å². The molecule has 0 bridgehead atoms. The van der Waals surface area contributed by atoms with Crippen LogP contribution in [0.1, 0.15) is 26.7 Å². The molecule has 0 heterocycles. The summed E-state index contributed by atoms with van der Waals surface area (Å²) in [6.07, 6.45) is 1.13. The summed E-state index contributed by atoms with van der Waals surface area (Å²) in [6, 6.07) is 0. The lowest BCUT2D eigenvalue weighted by atomic mass is 10.4. The SMILES string of the molecule is CCC[CH]OC(=O)OCC. The molecule has 10 heavy (non-hydrogen) atoms. The van der Waals surface area contributed by atoms with E-state index in [-0.39, 0.29) is 0 Å². The van der Waals surface area contributed by atoms with Gasteiger partial charge in [0.15, 0.2) is 0 Å². The van der Waals surface area contributed by atoms with Gasteiger partial charge >= 0.3 is 6.16 Å². The summed E-state index contributed by atoms with van der Waals surface area (Å²) in [5.41, 5.74) is 0. The van der Waals surface area contributed by atoms with Gasteiger partial charge in [0, 0.05) is 0 Å². The second kappa shape index (κ2) is 6.39. The van der Waals surface area contributed by atoms with Crippen LogP contribution in [0.15, 0.2) is 0 Å². The minimum atomic E-state index is -0.615. The molecule has 59 valence electrons. The highest BCUT2D eigenvalue weighted by molar-refractivity contribution is 5.60. The average Bonchev–Trinajstić information content (AvgIpc) is 1.89. The van der Waals surface area contributed by atoms with E-state index >= 15 is 0 Å². The molecule has 0 N–H and O–H groups in total. The molecule has 0 aliphatic rings. The van der Waals surface area contributed by atoms with Crippen LogP contribution in [0.5, 0.6) is 0 Å². The second-order valence-electron chi connectivity index (χ2n) is 1.76. The average molecular weight is 145 g/mol. The summed E-state index contributed by atoms with van der Waals surface area (Å²) in [6.45, 7) is 5.56. The van der Waals surface area contributed by atoms with Crippen LogP contribution in [0.2, 0.25) is 0 Å². The molecule has 0 fully saturated rings. The first-order chi connectivity index (χ1) is 4.81. The lowest BCUT2D eigenvalue weighted by Gasteiger charge is -2.00. The van der Waals surface area contributed by atoms with Crippen LogP contribution >= 0.6 is 0 Å². The standard InChI is InChI=1S/C7H13O3/c1-3-5-6-10-7(8)9-4-2/h6H,3-5H2,1-2H3. The zero-order valence-electron chi connectivity index (χ0n) is 6.42. The molecule has 0 rings (SSSR count). The van der Waals surface area contributed by atoms with Gasteiger partial charge in [0.05, 0.1) is 6.61 Å². The van der Waals surface area contributed by atoms with Gasteiger partial charge in [-0.2, -0.15) is 0 Å². The van der Waals surface area contributed by atoms with Gasteiger partial charge in [-0.1, -0.05) is 13.3 Å². The molecular weight excluding hydrogens is 132 g/mol. The number of carbonyl (C=O) groups is 1. The Hall–Kier alpha value is -0.730. The van der Waals surface area contributed by atoms with Crippen LogP contribution in [-0.2, 0) is 9.47 Å². The van der Waals surface area contributed by atoms with Gasteiger partial charge in [-0.3, -0.25) is 0 Å². The number of unbranched alkanes of at least 4 members (excludes halogenated alkanes) is 1. The van der Waals surface area contributed by atoms with E-state index < -0.39 is 6.16 Å². The van der Waals surface area contributed by atoms with Crippen LogP contribution in [0.25, 0.3) is 0 Å². The van der Waals surface area contributed by atoms with Crippen molar-refractivity contribution in [2.75, 3.05) is 6.61 Å². The van der Waals surface area contributed by atoms with E-state index in [0.717, 1.165) is 12.8 Å². The van der Waals surface area contributed by atoms with E-state index in [2.05, 4.69) is 9.47 Å². The maximum absolute atomic E-state index is 10.4. The van der Waals surface area contributed by atoms with Gasteiger partial charge in [0.1, 0.15) is 6.61 Å². The van der Waals surface area contributed by atoms with Crippen LogP contribution in [-0.4, -0.2) is 12.8 Å². The van der Waals surface area contributed by atoms with Gasteiger partial charge in [-0.05, 0) is 13.3 Å². The molecule has 0 aliphatic carbocycles. The van der Waals surface area contributed by atoms with Crippen molar-refractivity contribution >= 4 is 6.16 Å². The Labute approximate surface area is 61.3 Å². The molecule has 1 radical (unpaired) electrons. The van der Waals surface area contributed by atoms with E-state index in [4.69, 9.17) is 0 Å². The summed E-state index contributed by atoms with van der Waals surface area (Å²) in [7, 11) is 0. The zero-order chi connectivity index (χ0) is 7.82. The third-order valence-electron chi connectivity index (χ3n) is 0.848. The van der Waals surface area contributed by atoms with Crippen molar-refractivity contribution in [1.29, 1.82) is 0 Å². The second-order valence-corrected chi connectivity index (χ2v) is 1.76. The van der Waals surface area contributed by atoms with Crippen molar-refractivity contribution < 1.29 is 14.3 Å². The molecule has 0 saturated carbocycles. The quantitative estimate of drug-likeness (QED) is 0.449. The number of rotatable bonds is 4. The van der Waals surface area contributed by atoms with E-state index in [1.54, 1.807) is 6.92 Å². The molecule has 0 unspecified atom stereocenters. The molecular formula is C7H13O3. The van der Waals surface area contributed by atoms with Crippen molar-refractivity contribution in [3.63, 3.8) is 0 Å². The van der Waals surface area contributed by atoms with Crippen LogP contribution < -0.4 is 0 Å². The Morgan fingerprint density at radius 2 is 2.20 bits per heavy atom. The molecule has 0 aromatic carbocycles. The molecule has 3 heteroatoms. The van der Waals surface area contributed by atoms with Gasteiger partial charge in [-0.15, -0.1) is 0 Å². The van der Waals surface area contributed by atoms with E-state index in [9.17, 15) is 4.79 Å². The predicted octanol–water partition coefficient (Wildman–Crippen LogP) is 2.12. The van der Waals surface area contributed by atoms with Crippen LogP contribution in [0, 0.1) is 6.61 Å². The first-order valence-corrected chi connectivity index (χ1v) is 3.46. The normalized spacial score (nSPS) is 9.00. The molecule has 0 aromatic rings. The van der Waals surface area contributed by atoms with Crippen LogP contribution in [0.4, 0.5) is 4.79 Å². The highest BCUT2D eigenvalue weighted by Crippen LogP contribution is 1.95. The lowest BCUT2D eigenvalue weighted by Crippen LogP contribution is -2.04. The summed E-state index contributed by atoms with van der Waals surface area (Å²) in [5.74, 6) is 0. The lowest BCUT2D eigenvalue weighted by molar-refractivity contribution is 0.0765. The Morgan fingerprint density at radius 3 is 2.70 bits per heavy atom. The van der Waals surface area contributed by atoms with Crippen molar-refractivity contribution in [2.45, 2.75) is 26.7 Å². The minimum absolute atomic E-state index is 0.360. The van der Waals surface area contributed by atoms with Crippen molar-refractivity contribution in [3.8, 4) is 0 Å². The van der Waals surface area contributed by atoms with Crippen molar-refractivity contribution in [3.05, 3.63) is 6.61 Å². The highest BCUT2D eigenvalue weighted by Gasteiger charge is 1.99. The van der Waals surface area contributed by atoms with Gasteiger partial charge in [0.2, 0.25) is 0 Å². The molecule has 0 saturated heterocycles. The summed E-state index contributed by atoms with van der Waals surface area (Å²) in [5, 5.41) is 0. The molecule has 0 amide bonds. The third kappa shape index (κ3) is 5.41. The van der Waals surface area contributed by atoms with Gasteiger partial charge in [-0.25, -0.2) is 4.79 Å². The zero-order valence-corrected chi connectivity index (χ0v) is 6.42. The first kappa shape index (κ1) is 9.27. The predicted molar refractivity (Wildman–Crippen MR) is 37.3 cm³/mol. The summed E-state index contributed by atoms with van der Waals surface area (Å²) < 4.78 is 9.03. The van der Waals surface area contributed by atoms with E-state index in [1.807, 2.05) is 6.92 Å². The smallest absolute Gasteiger partial charge is 0.435 e.